The molecule has 4 aromatic rings. The van der Waals surface area contributed by atoms with Gasteiger partial charge in [0.15, 0.2) is 19.7 Å². The van der Waals surface area contributed by atoms with Gasteiger partial charge in [0.25, 0.3) is 5.88 Å². The van der Waals surface area contributed by atoms with Crippen LogP contribution >= 0.6 is 15.9 Å². The van der Waals surface area contributed by atoms with Crippen molar-refractivity contribution in [3.05, 3.63) is 116 Å². The highest BCUT2D eigenvalue weighted by Crippen LogP contribution is 2.59. The van der Waals surface area contributed by atoms with E-state index >= 15 is 14.0 Å². The molecule has 1 fully saturated rings. The Labute approximate surface area is 343 Å². The van der Waals surface area contributed by atoms with Gasteiger partial charge in [0.05, 0.1) is 16.1 Å². The van der Waals surface area contributed by atoms with Crippen molar-refractivity contribution >= 4 is 41.6 Å². The van der Waals surface area contributed by atoms with Crippen molar-refractivity contribution in [1.29, 1.82) is 0 Å². The van der Waals surface area contributed by atoms with Crippen LogP contribution in [0, 0.1) is 17.7 Å². The smallest absolute Gasteiger partial charge is 0.265 e. The minimum atomic E-state index is -2.95. The number of hydrogen-bond acceptors (Lipinski definition) is 10. The molecule has 3 aliphatic rings. The topological polar surface area (TPSA) is 115 Å². The lowest BCUT2D eigenvalue weighted by Gasteiger charge is -2.55. The first-order valence-electron chi connectivity index (χ1n) is 19.3. The lowest BCUT2D eigenvalue weighted by atomic mass is 9.57. The zero-order valence-corrected chi connectivity index (χ0v) is 36.6. The second-order valence-corrected chi connectivity index (χ2v) is 23.0. The first kappa shape index (κ1) is 41.0. The Hall–Kier alpha value is -4.14. The number of Topliss-reactive ketones (excluding diaryl/α,β-unsaturated/α-hetero) is 2. The molecule has 0 saturated heterocycles. The molecule has 0 unspecified atom stereocenters. The predicted molar refractivity (Wildman–Crippen MR) is 221 cm³/mol. The molecule has 13 heteroatoms. The Morgan fingerprint density at radius 1 is 0.947 bits per heavy atom. The van der Waals surface area contributed by atoms with Crippen molar-refractivity contribution in [3.63, 3.8) is 0 Å². The number of carbonyl (C=O) groups excluding carboxylic acids is 2. The Bertz CT molecular complexity index is 2240. The van der Waals surface area contributed by atoms with Gasteiger partial charge in [0.2, 0.25) is 11.6 Å². The molecular weight excluding hydrogens is 809 g/mol. The van der Waals surface area contributed by atoms with Gasteiger partial charge >= 0.3 is 0 Å². The summed E-state index contributed by atoms with van der Waals surface area (Å²) in [5, 5.41) is 16.4. The lowest BCUT2D eigenvalue weighted by molar-refractivity contribution is -0.140. The van der Waals surface area contributed by atoms with Gasteiger partial charge in [0, 0.05) is 29.2 Å². The van der Waals surface area contributed by atoms with Crippen LogP contribution in [0.1, 0.15) is 77.2 Å². The third kappa shape index (κ3) is 6.98. The molecule has 1 saturated carbocycles. The number of halogens is 2. The van der Waals surface area contributed by atoms with E-state index in [-0.39, 0.29) is 72.3 Å². The maximum absolute atomic E-state index is 16.9. The number of fused-ring (bicyclic) bond motifs is 4. The number of carbonyl (C=O) groups is 2. The summed E-state index contributed by atoms with van der Waals surface area (Å²) in [6.07, 6.45) is 0.310. The maximum Gasteiger partial charge on any atom is 0.265 e. The summed E-state index contributed by atoms with van der Waals surface area (Å²) in [6.45, 7) is 10.7. The molecule has 4 atom stereocenters. The van der Waals surface area contributed by atoms with Crippen LogP contribution < -0.4 is 9.47 Å². The average Bonchev–Trinajstić information content (AvgIpc) is 3.57. The highest BCUT2D eigenvalue weighted by Gasteiger charge is 2.69. The molecule has 0 amide bonds. The largest absolute Gasteiger partial charge is 0.507 e. The van der Waals surface area contributed by atoms with Crippen molar-refractivity contribution in [3.8, 4) is 11.6 Å². The third-order valence-electron chi connectivity index (χ3n) is 12.1. The molecule has 1 N–H and O–H groups in total. The average molecular weight is 861 g/mol. The van der Waals surface area contributed by atoms with Crippen LogP contribution in [0.3, 0.4) is 0 Å². The van der Waals surface area contributed by atoms with E-state index in [1.165, 1.54) is 0 Å². The molecule has 0 spiro atoms. The van der Waals surface area contributed by atoms with Gasteiger partial charge in [0.1, 0.15) is 36.1 Å². The third-order valence-corrected chi connectivity index (χ3v) is 17.4. The zero-order valence-electron chi connectivity index (χ0n) is 34.0. The molecule has 57 heavy (non-hydrogen) atoms. The molecule has 0 aliphatic heterocycles. The fraction of sp³-hybridized carbons (Fsp3) is 0.432. The molecule has 302 valence electrons. The Balaban J connectivity index is 1.44. The number of ketones is 2. The minimum Gasteiger partial charge on any atom is -0.507 e. The van der Waals surface area contributed by atoms with Gasteiger partial charge in [-0.05, 0) is 97.3 Å². The second kappa shape index (κ2) is 15.2. The van der Waals surface area contributed by atoms with Crippen molar-refractivity contribution < 1.29 is 37.5 Å². The zero-order chi connectivity index (χ0) is 41.2. The molecule has 7 rings (SSSR count). The van der Waals surface area contributed by atoms with Gasteiger partial charge in [-0.2, -0.15) is 0 Å². The number of aliphatic hydroxyl groups is 1. The number of rotatable bonds is 11. The summed E-state index contributed by atoms with van der Waals surface area (Å²) in [5.41, 5.74) is 0.473. The van der Waals surface area contributed by atoms with Crippen molar-refractivity contribution in [1.82, 2.24) is 15.0 Å². The monoisotopic (exact) mass is 859 g/mol. The quantitative estimate of drug-likeness (QED) is 0.116. The van der Waals surface area contributed by atoms with Crippen molar-refractivity contribution in [2.24, 2.45) is 11.8 Å². The highest BCUT2D eigenvalue weighted by molar-refractivity contribution is 9.10. The van der Waals surface area contributed by atoms with Gasteiger partial charge < -0.3 is 28.4 Å². The van der Waals surface area contributed by atoms with Gasteiger partial charge in [-0.15, -0.1) is 0 Å². The highest BCUT2D eigenvalue weighted by atomic mass is 79.9. The number of ether oxygens (including phenoxy) is 2. The summed E-state index contributed by atoms with van der Waals surface area (Å²) >= 11 is 3.64. The molecular formula is C44H51BrFN3O7Si. The van der Waals surface area contributed by atoms with E-state index in [9.17, 15) is 5.11 Å². The van der Waals surface area contributed by atoms with E-state index in [1.807, 2.05) is 133 Å². The van der Waals surface area contributed by atoms with Gasteiger partial charge in [-0.1, -0.05) is 81.4 Å². The van der Waals surface area contributed by atoms with Gasteiger partial charge in [-0.25, -0.2) is 4.39 Å². The fourth-order valence-corrected chi connectivity index (χ4v) is 10.4. The lowest BCUT2D eigenvalue weighted by Crippen LogP contribution is -2.68. The SMILES string of the molecule is CN(C)Cc1c(F)c2c(c(OCc3ccccc3)c1Br)C(O)=C1C(=O)[C@]3(O[Si](C)(C)C(C)(C)C)C(=O)c4c(OCc5ccccc5)noc4[C@@H](N(C)C)[C@@H]3C[C@@H]1C2. The van der Waals surface area contributed by atoms with E-state index < -0.39 is 60.0 Å². The maximum atomic E-state index is 16.9. The van der Waals surface area contributed by atoms with Crippen LogP contribution in [0.15, 0.2) is 75.2 Å². The van der Waals surface area contributed by atoms with Crippen LogP contribution in [0.4, 0.5) is 4.39 Å². The predicted octanol–water partition coefficient (Wildman–Crippen LogP) is 9.09. The molecule has 10 nitrogen and oxygen atoms in total. The minimum absolute atomic E-state index is 0.0273. The molecule has 1 aromatic heterocycles. The molecule has 1 heterocycles. The molecule has 3 aromatic carbocycles. The first-order valence-corrected chi connectivity index (χ1v) is 23.0. The summed E-state index contributed by atoms with van der Waals surface area (Å²) < 4.78 is 43.1. The Kier molecular flexibility index (Phi) is 11.0. The molecule has 3 aliphatic carbocycles. The Morgan fingerprint density at radius 3 is 2.11 bits per heavy atom. The summed E-state index contributed by atoms with van der Waals surface area (Å²) in [5.74, 6) is -3.09. The summed E-state index contributed by atoms with van der Waals surface area (Å²) in [4.78, 5) is 35.1. The van der Waals surface area contributed by atoms with Crippen molar-refractivity contribution in [2.45, 2.75) is 83.1 Å². The number of benzene rings is 3. The Morgan fingerprint density at radius 2 is 1.54 bits per heavy atom. The van der Waals surface area contributed by atoms with E-state index in [2.05, 4.69) is 21.1 Å². The van der Waals surface area contributed by atoms with Crippen LogP contribution in [0.25, 0.3) is 5.76 Å². The number of aliphatic hydroxyl groups excluding tert-OH is 1. The van der Waals surface area contributed by atoms with Crippen LogP contribution in [0.2, 0.25) is 18.1 Å². The van der Waals surface area contributed by atoms with Gasteiger partial charge in [-0.3, -0.25) is 14.5 Å². The van der Waals surface area contributed by atoms with Crippen LogP contribution in [0.5, 0.6) is 11.6 Å². The van der Waals surface area contributed by atoms with E-state index in [4.69, 9.17) is 18.4 Å². The second-order valence-electron chi connectivity index (χ2n) is 17.5. The van der Waals surface area contributed by atoms with E-state index in [0.717, 1.165) is 11.1 Å². The number of aromatic nitrogens is 1. The standard InChI is InChI=1S/C44H51BrFN3O7Si/c1-43(2,3)57(8,9)56-44-30(36(49(6)7)39-33(41(44)52)42(47-55-39)54-24-26-18-14-11-15-19-26)21-27-20-28-32(37(50)31(27)40(44)51)38(53-23-25-16-12-10-13-17-25)34(45)29(35(28)46)22-48(4)5/h10-19,27,30,36,50H,20-24H2,1-9H3/t27-,30-,36-,44-/m0/s1. The van der Waals surface area contributed by atoms with Crippen LogP contribution in [-0.4, -0.2) is 73.7 Å². The van der Waals surface area contributed by atoms with Crippen molar-refractivity contribution in [2.75, 3.05) is 28.2 Å². The summed E-state index contributed by atoms with van der Waals surface area (Å²) in [6, 6.07) is 18.4. The number of hydrogen-bond donors (Lipinski definition) is 1. The van der Waals surface area contributed by atoms with E-state index in [1.54, 1.807) is 0 Å². The summed E-state index contributed by atoms with van der Waals surface area (Å²) in [7, 11) is 4.47. The molecule has 0 radical (unpaired) electrons. The van der Waals surface area contributed by atoms with E-state index in [0.29, 0.717) is 10.0 Å². The normalized spacial score (nSPS) is 22.0. The molecule has 0 bridgehead atoms. The van der Waals surface area contributed by atoms with Crippen LogP contribution in [-0.2, 0) is 35.4 Å². The first-order chi connectivity index (χ1) is 26.9. The number of nitrogens with zero attached hydrogens (tertiary/aromatic N) is 3. The fourth-order valence-electron chi connectivity index (χ4n) is 8.38.